The van der Waals surface area contributed by atoms with Crippen LogP contribution in [-0.2, 0) is 0 Å². The number of hydrogen-bond acceptors (Lipinski definition) is 3. The fourth-order valence-corrected chi connectivity index (χ4v) is 0.999. The summed E-state index contributed by atoms with van der Waals surface area (Å²) in [7, 11) is 0. The van der Waals surface area contributed by atoms with Crippen molar-refractivity contribution in [3.63, 3.8) is 0 Å². The molecule has 1 aliphatic heterocycles. The molecule has 1 rings (SSSR count). The van der Waals surface area contributed by atoms with E-state index in [1.54, 1.807) is 17.3 Å². The fraction of sp³-hybridized carbons (Fsp3) is 0.400. The van der Waals surface area contributed by atoms with E-state index in [1.807, 2.05) is 0 Å². The van der Waals surface area contributed by atoms with Gasteiger partial charge in [-0.25, -0.2) is 0 Å². The summed E-state index contributed by atoms with van der Waals surface area (Å²) >= 11 is 1.61. The highest BCUT2D eigenvalue weighted by molar-refractivity contribution is 8.14. The molecule has 3 heteroatoms. The van der Waals surface area contributed by atoms with Gasteiger partial charge in [0.2, 0.25) is 0 Å². The first kappa shape index (κ1) is 5.69. The second kappa shape index (κ2) is 2.77. The Labute approximate surface area is 53.0 Å². The van der Waals surface area contributed by atoms with Crippen LogP contribution >= 0.6 is 11.8 Å². The number of hydrogen-bond donors (Lipinski definition) is 1. The lowest BCUT2D eigenvalue weighted by Crippen LogP contribution is -2.05. The molecular weight excluding hydrogens is 120 g/mol. The summed E-state index contributed by atoms with van der Waals surface area (Å²) in [6, 6.07) is 0. The second-order valence-electron chi connectivity index (χ2n) is 1.48. The average molecular weight is 128 g/mol. The maximum Gasteiger partial charge on any atom is 0.0844 e. The third kappa shape index (κ3) is 1.26. The van der Waals surface area contributed by atoms with Crippen LogP contribution in [-0.4, -0.2) is 5.55 Å². The Morgan fingerprint density at radius 2 is 2.75 bits per heavy atom. The van der Waals surface area contributed by atoms with Crippen molar-refractivity contribution in [2.45, 2.75) is 13.3 Å². The lowest BCUT2D eigenvalue weighted by atomic mass is 10.4. The van der Waals surface area contributed by atoms with Gasteiger partial charge in [0, 0.05) is 5.70 Å². The summed E-state index contributed by atoms with van der Waals surface area (Å²) < 4.78 is 0. The molecule has 0 unspecified atom stereocenters. The van der Waals surface area contributed by atoms with E-state index in [-0.39, 0.29) is 0 Å². The van der Waals surface area contributed by atoms with Gasteiger partial charge in [0.25, 0.3) is 0 Å². The predicted molar refractivity (Wildman–Crippen MR) is 37.6 cm³/mol. The molecule has 0 radical (unpaired) electrons. The van der Waals surface area contributed by atoms with E-state index in [0.717, 1.165) is 6.42 Å². The van der Waals surface area contributed by atoms with Gasteiger partial charge in [0.1, 0.15) is 0 Å². The Kier molecular flexibility index (Phi) is 1.97. The molecule has 0 aliphatic carbocycles. The van der Waals surface area contributed by atoms with Crippen molar-refractivity contribution in [1.82, 2.24) is 5.43 Å². The minimum Gasteiger partial charge on any atom is -0.282 e. The lowest BCUT2D eigenvalue weighted by molar-refractivity contribution is 0.837. The summed E-state index contributed by atoms with van der Waals surface area (Å²) in [6.45, 7) is 2.10. The van der Waals surface area contributed by atoms with Gasteiger partial charge in [-0.05, 0) is 11.8 Å². The lowest BCUT2D eigenvalue weighted by Gasteiger charge is -2.04. The van der Waals surface area contributed by atoms with Crippen molar-refractivity contribution in [3.8, 4) is 0 Å². The zero-order chi connectivity index (χ0) is 5.82. The van der Waals surface area contributed by atoms with Gasteiger partial charge in [0.05, 0.1) is 5.55 Å². The molecule has 0 bridgehead atoms. The zero-order valence-corrected chi connectivity index (χ0v) is 5.53. The summed E-state index contributed by atoms with van der Waals surface area (Å²) in [5.41, 5.74) is 5.85. The average Bonchev–Trinajstić information content (AvgIpc) is 1.90. The maximum absolute atomic E-state index is 3.85. The fourth-order valence-electron chi connectivity index (χ4n) is 0.441. The normalized spacial score (nSPS) is 17.4. The summed E-state index contributed by atoms with van der Waals surface area (Å²) in [4.78, 5) is 0. The molecule has 1 aliphatic rings. The standard InChI is InChI=1S/C5H8N2S/c1-2-5-3-8-4-6-7-5/h3-4,7H,2H2,1H3. The third-order valence-corrected chi connectivity index (χ3v) is 1.56. The molecule has 0 atom stereocenters. The van der Waals surface area contributed by atoms with Crippen LogP contribution in [0.15, 0.2) is 16.2 Å². The SMILES string of the molecule is CCC1=CSC=NN1. The summed E-state index contributed by atoms with van der Waals surface area (Å²) in [5.74, 6) is 0. The Hall–Kier alpha value is -0.440. The van der Waals surface area contributed by atoms with Gasteiger partial charge >= 0.3 is 0 Å². The molecule has 44 valence electrons. The van der Waals surface area contributed by atoms with Gasteiger partial charge in [-0.15, -0.1) is 0 Å². The molecule has 0 aromatic heterocycles. The molecule has 0 saturated heterocycles. The maximum atomic E-state index is 3.85. The third-order valence-electron chi connectivity index (χ3n) is 0.913. The van der Waals surface area contributed by atoms with Crippen LogP contribution in [0.2, 0.25) is 0 Å². The minimum atomic E-state index is 1.03. The van der Waals surface area contributed by atoms with Crippen LogP contribution in [0.25, 0.3) is 0 Å². The molecule has 0 aromatic carbocycles. The first-order valence-corrected chi connectivity index (χ1v) is 3.50. The smallest absolute Gasteiger partial charge is 0.0844 e. The number of hydrazone groups is 1. The van der Waals surface area contributed by atoms with E-state index < -0.39 is 0 Å². The second-order valence-corrected chi connectivity index (χ2v) is 2.20. The Morgan fingerprint density at radius 3 is 3.12 bits per heavy atom. The van der Waals surface area contributed by atoms with Gasteiger partial charge < -0.3 is 0 Å². The van der Waals surface area contributed by atoms with Gasteiger partial charge in [0.15, 0.2) is 0 Å². The highest BCUT2D eigenvalue weighted by atomic mass is 32.2. The molecule has 8 heavy (non-hydrogen) atoms. The predicted octanol–water partition coefficient (Wildman–Crippen LogP) is 1.52. The van der Waals surface area contributed by atoms with Gasteiger partial charge in [-0.3, -0.25) is 5.43 Å². The molecule has 0 fully saturated rings. The largest absolute Gasteiger partial charge is 0.282 e. The zero-order valence-electron chi connectivity index (χ0n) is 4.72. The Bertz CT molecular complexity index is 128. The monoisotopic (exact) mass is 128 g/mol. The number of nitrogens with one attached hydrogen (secondary N) is 1. The van der Waals surface area contributed by atoms with Gasteiger partial charge in [-0.1, -0.05) is 18.7 Å². The van der Waals surface area contributed by atoms with Crippen LogP contribution < -0.4 is 5.43 Å². The highest BCUT2D eigenvalue weighted by Gasteiger charge is 1.92. The number of thioether (sulfide) groups is 1. The minimum absolute atomic E-state index is 1.03. The number of allylic oxidation sites excluding steroid dienone is 1. The Balaban J connectivity index is 2.43. The molecule has 0 aromatic rings. The topological polar surface area (TPSA) is 24.4 Å². The van der Waals surface area contributed by atoms with Crippen molar-refractivity contribution < 1.29 is 0 Å². The molecule has 0 amide bonds. The summed E-state index contributed by atoms with van der Waals surface area (Å²) in [5, 5.41) is 5.91. The van der Waals surface area contributed by atoms with Crippen LogP contribution in [0.3, 0.4) is 0 Å². The van der Waals surface area contributed by atoms with E-state index in [4.69, 9.17) is 0 Å². The molecule has 2 nitrogen and oxygen atoms in total. The molecule has 0 saturated carbocycles. The Morgan fingerprint density at radius 1 is 1.88 bits per heavy atom. The summed E-state index contributed by atoms with van der Waals surface area (Å²) in [6.07, 6.45) is 1.03. The molecule has 1 N–H and O–H groups in total. The molecule has 1 heterocycles. The van der Waals surface area contributed by atoms with E-state index in [2.05, 4.69) is 22.9 Å². The highest BCUT2D eigenvalue weighted by Crippen LogP contribution is 2.08. The first-order valence-electron chi connectivity index (χ1n) is 2.55. The van der Waals surface area contributed by atoms with E-state index in [1.165, 1.54) is 5.70 Å². The van der Waals surface area contributed by atoms with Gasteiger partial charge in [-0.2, -0.15) is 5.10 Å². The van der Waals surface area contributed by atoms with Crippen molar-refractivity contribution in [2.24, 2.45) is 5.10 Å². The first-order chi connectivity index (χ1) is 3.93. The van der Waals surface area contributed by atoms with Crippen LogP contribution in [0.1, 0.15) is 13.3 Å². The van der Waals surface area contributed by atoms with Crippen molar-refractivity contribution in [3.05, 3.63) is 11.1 Å². The quantitative estimate of drug-likeness (QED) is 0.579. The van der Waals surface area contributed by atoms with E-state index >= 15 is 0 Å². The van der Waals surface area contributed by atoms with E-state index in [9.17, 15) is 0 Å². The van der Waals surface area contributed by atoms with Crippen molar-refractivity contribution >= 4 is 17.3 Å². The van der Waals surface area contributed by atoms with Crippen LogP contribution in [0.5, 0.6) is 0 Å². The molecular formula is C5H8N2S. The van der Waals surface area contributed by atoms with E-state index in [0.29, 0.717) is 0 Å². The van der Waals surface area contributed by atoms with Crippen LogP contribution in [0, 0.1) is 0 Å². The number of rotatable bonds is 1. The van der Waals surface area contributed by atoms with Crippen molar-refractivity contribution in [1.29, 1.82) is 0 Å². The van der Waals surface area contributed by atoms with Crippen LogP contribution in [0.4, 0.5) is 0 Å². The molecule has 0 spiro atoms. The van der Waals surface area contributed by atoms with Crippen molar-refractivity contribution in [2.75, 3.05) is 0 Å². The number of nitrogens with zero attached hydrogens (tertiary/aromatic N) is 1.